The van der Waals surface area contributed by atoms with Crippen LogP contribution in [0, 0.1) is 13.8 Å². The second-order valence-corrected chi connectivity index (χ2v) is 4.08. The van der Waals surface area contributed by atoms with E-state index in [4.69, 9.17) is 0 Å². The average Bonchev–Trinajstić information content (AvgIpc) is 2.61. The van der Waals surface area contributed by atoms with Crippen LogP contribution in [-0.2, 0) is 6.54 Å². The highest BCUT2D eigenvalue weighted by atomic mass is 15.1. The van der Waals surface area contributed by atoms with E-state index in [0.717, 1.165) is 17.9 Å². The Morgan fingerprint density at radius 1 is 1.31 bits per heavy atom. The SMILES string of the molecule is CNCc1c(-c2cccc(C)c2)n[nH]c1C. The number of H-pyrrole nitrogens is 1. The summed E-state index contributed by atoms with van der Waals surface area (Å²) in [7, 11) is 1.95. The van der Waals surface area contributed by atoms with E-state index < -0.39 is 0 Å². The van der Waals surface area contributed by atoms with Gasteiger partial charge in [0.25, 0.3) is 0 Å². The lowest BCUT2D eigenvalue weighted by molar-refractivity contribution is 0.813. The van der Waals surface area contributed by atoms with E-state index in [1.165, 1.54) is 16.7 Å². The highest BCUT2D eigenvalue weighted by molar-refractivity contribution is 5.64. The van der Waals surface area contributed by atoms with Crippen LogP contribution < -0.4 is 5.32 Å². The third kappa shape index (κ3) is 1.99. The molecule has 0 fully saturated rings. The average molecular weight is 215 g/mol. The Bertz CT molecular complexity index is 486. The summed E-state index contributed by atoms with van der Waals surface area (Å²) in [5.41, 5.74) is 5.86. The molecule has 0 saturated heterocycles. The monoisotopic (exact) mass is 215 g/mol. The Morgan fingerprint density at radius 3 is 2.81 bits per heavy atom. The lowest BCUT2D eigenvalue weighted by Crippen LogP contribution is -2.06. The number of hydrogen-bond donors (Lipinski definition) is 2. The van der Waals surface area contributed by atoms with Gasteiger partial charge in [-0.3, -0.25) is 5.10 Å². The molecule has 1 aromatic heterocycles. The van der Waals surface area contributed by atoms with Gasteiger partial charge in [-0.25, -0.2) is 0 Å². The van der Waals surface area contributed by atoms with Gasteiger partial charge in [-0.05, 0) is 27.0 Å². The third-order valence-corrected chi connectivity index (χ3v) is 2.72. The molecule has 0 amide bonds. The fourth-order valence-electron chi connectivity index (χ4n) is 1.88. The lowest BCUT2D eigenvalue weighted by Gasteiger charge is -2.04. The van der Waals surface area contributed by atoms with E-state index in [9.17, 15) is 0 Å². The highest BCUT2D eigenvalue weighted by Crippen LogP contribution is 2.24. The molecule has 0 aliphatic rings. The van der Waals surface area contributed by atoms with Gasteiger partial charge in [0.2, 0.25) is 0 Å². The van der Waals surface area contributed by atoms with Gasteiger partial charge in [-0.1, -0.05) is 23.8 Å². The number of nitrogens with zero attached hydrogens (tertiary/aromatic N) is 1. The van der Waals surface area contributed by atoms with Crippen LogP contribution in [0.1, 0.15) is 16.8 Å². The summed E-state index contributed by atoms with van der Waals surface area (Å²) >= 11 is 0. The van der Waals surface area contributed by atoms with E-state index in [0.29, 0.717) is 0 Å². The molecule has 0 atom stereocenters. The zero-order valence-corrected chi connectivity index (χ0v) is 9.96. The Balaban J connectivity index is 2.47. The lowest BCUT2D eigenvalue weighted by atomic mass is 10.0. The molecule has 0 bridgehead atoms. The van der Waals surface area contributed by atoms with E-state index in [2.05, 4.69) is 53.6 Å². The van der Waals surface area contributed by atoms with Crippen molar-refractivity contribution >= 4 is 0 Å². The van der Waals surface area contributed by atoms with Crippen molar-refractivity contribution in [2.45, 2.75) is 20.4 Å². The van der Waals surface area contributed by atoms with Crippen molar-refractivity contribution in [2.24, 2.45) is 0 Å². The maximum atomic E-state index is 4.38. The summed E-state index contributed by atoms with van der Waals surface area (Å²) in [6.07, 6.45) is 0. The molecule has 1 heterocycles. The standard InChI is InChI=1S/C13H17N3/c1-9-5-4-6-11(7-9)13-12(8-14-3)10(2)15-16-13/h4-7,14H,8H2,1-3H3,(H,15,16). The van der Waals surface area contributed by atoms with Crippen LogP contribution in [0.4, 0.5) is 0 Å². The normalized spacial score (nSPS) is 10.7. The van der Waals surface area contributed by atoms with Gasteiger partial charge in [0.15, 0.2) is 0 Å². The predicted octanol–water partition coefficient (Wildman–Crippen LogP) is 2.41. The zero-order chi connectivity index (χ0) is 11.5. The smallest absolute Gasteiger partial charge is 0.0968 e. The van der Waals surface area contributed by atoms with Gasteiger partial charge in [0.1, 0.15) is 0 Å². The van der Waals surface area contributed by atoms with Gasteiger partial charge in [0.05, 0.1) is 5.69 Å². The number of hydrogen-bond acceptors (Lipinski definition) is 2. The fraction of sp³-hybridized carbons (Fsp3) is 0.308. The molecule has 0 spiro atoms. The molecule has 0 radical (unpaired) electrons. The van der Waals surface area contributed by atoms with Crippen molar-refractivity contribution in [3.63, 3.8) is 0 Å². The van der Waals surface area contributed by atoms with Crippen LogP contribution in [0.25, 0.3) is 11.3 Å². The number of aryl methyl sites for hydroxylation is 2. The molecule has 16 heavy (non-hydrogen) atoms. The second kappa shape index (κ2) is 4.49. The van der Waals surface area contributed by atoms with Crippen molar-refractivity contribution < 1.29 is 0 Å². The Labute approximate surface area is 95.9 Å². The molecule has 1 aromatic carbocycles. The maximum absolute atomic E-state index is 4.38. The van der Waals surface area contributed by atoms with Crippen LogP contribution in [0.3, 0.4) is 0 Å². The summed E-state index contributed by atoms with van der Waals surface area (Å²) in [6, 6.07) is 8.43. The van der Waals surface area contributed by atoms with E-state index in [1.54, 1.807) is 0 Å². The molecule has 0 saturated carbocycles. The molecule has 3 heteroatoms. The van der Waals surface area contributed by atoms with E-state index >= 15 is 0 Å². The number of nitrogens with one attached hydrogen (secondary N) is 2. The van der Waals surface area contributed by atoms with Gasteiger partial charge in [-0.2, -0.15) is 5.10 Å². The van der Waals surface area contributed by atoms with Gasteiger partial charge in [-0.15, -0.1) is 0 Å². The molecule has 84 valence electrons. The number of aromatic nitrogens is 2. The van der Waals surface area contributed by atoms with Crippen molar-refractivity contribution in [1.82, 2.24) is 15.5 Å². The molecule has 0 aliphatic carbocycles. The quantitative estimate of drug-likeness (QED) is 0.825. The number of aromatic amines is 1. The minimum Gasteiger partial charge on any atom is -0.316 e. The molecule has 3 nitrogen and oxygen atoms in total. The summed E-state index contributed by atoms with van der Waals surface area (Å²) in [5, 5.41) is 10.6. The molecule has 2 N–H and O–H groups in total. The largest absolute Gasteiger partial charge is 0.316 e. The summed E-state index contributed by atoms with van der Waals surface area (Å²) in [6.45, 7) is 4.99. The Kier molecular flexibility index (Phi) is 3.06. The molecule has 0 unspecified atom stereocenters. The van der Waals surface area contributed by atoms with Crippen molar-refractivity contribution in [1.29, 1.82) is 0 Å². The topological polar surface area (TPSA) is 40.7 Å². The minimum atomic E-state index is 0.839. The fourth-order valence-corrected chi connectivity index (χ4v) is 1.88. The molecular formula is C13H17N3. The first-order valence-corrected chi connectivity index (χ1v) is 5.48. The molecule has 2 rings (SSSR count). The molecular weight excluding hydrogens is 198 g/mol. The van der Waals surface area contributed by atoms with Crippen LogP contribution in [-0.4, -0.2) is 17.2 Å². The van der Waals surface area contributed by atoms with Gasteiger partial charge >= 0.3 is 0 Å². The molecule has 0 aliphatic heterocycles. The Morgan fingerprint density at radius 2 is 2.12 bits per heavy atom. The maximum Gasteiger partial charge on any atom is 0.0968 e. The predicted molar refractivity (Wildman–Crippen MR) is 66.3 cm³/mol. The minimum absolute atomic E-state index is 0.839. The second-order valence-electron chi connectivity index (χ2n) is 4.08. The van der Waals surface area contributed by atoms with Crippen molar-refractivity contribution in [3.05, 3.63) is 41.1 Å². The highest BCUT2D eigenvalue weighted by Gasteiger charge is 2.11. The van der Waals surface area contributed by atoms with Gasteiger partial charge < -0.3 is 5.32 Å². The van der Waals surface area contributed by atoms with E-state index in [-0.39, 0.29) is 0 Å². The van der Waals surface area contributed by atoms with Gasteiger partial charge in [0, 0.05) is 23.4 Å². The van der Waals surface area contributed by atoms with Crippen LogP contribution >= 0.6 is 0 Å². The van der Waals surface area contributed by atoms with Crippen molar-refractivity contribution in [3.8, 4) is 11.3 Å². The summed E-state index contributed by atoms with van der Waals surface area (Å²) in [4.78, 5) is 0. The number of benzene rings is 1. The van der Waals surface area contributed by atoms with Crippen LogP contribution in [0.15, 0.2) is 24.3 Å². The summed E-state index contributed by atoms with van der Waals surface area (Å²) < 4.78 is 0. The van der Waals surface area contributed by atoms with Crippen LogP contribution in [0.2, 0.25) is 0 Å². The van der Waals surface area contributed by atoms with E-state index in [1.807, 2.05) is 7.05 Å². The summed E-state index contributed by atoms with van der Waals surface area (Å²) in [5.74, 6) is 0. The Hall–Kier alpha value is -1.61. The first-order valence-electron chi connectivity index (χ1n) is 5.48. The first kappa shape index (κ1) is 10.9. The number of rotatable bonds is 3. The third-order valence-electron chi connectivity index (χ3n) is 2.72. The molecule has 2 aromatic rings. The zero-order valence-electron chi connectivity index (χ0n) is 9.96. The van der Waals surface area contributed by atoms with Crippen LogP contribution in [0.5, 0.6) is 0 Å². The first-order chi connectivity index (χ1) is 7.72. The van der Waals surface area contributed by atoms with Crippen molar-refractivity contribution in [2.75, 3.05) is 7.05 Å².